The summed E-state index contributed by atoms with van der Waals surface area (Å²) in [5, 5.41) is 10.7. The van der Waals surface area contributed by atoms with Gasteiger partial charge in [0.15, 0.2) is 0 Å². The molecule has 1 heterocycles. The molecule has 10 nitrogen and oxygen atoms in total. The lowest BCUT2D eigenvalue weighted by Crippen LogP contribution is -2.49. The molecular weight excluding hydrogens is 428 g/mol. The number of amides is 1. The third-order valence-corrected chi connectivity index (χ3v) is 6.02. The Morgan fingerprint density at radius 3 is 2.45 bits per heavy atom. The van der Waals surface area contributed by atoms with Gasteiger partial charge in [-0.2, -0.15) is 8.42 Å². The van der Waals surface area contributed by atoms with Crippen molar-refractivity contribution >= 4 is 21.9 Å². The standard InChI is InChI=1S/C20H22N2O8S/c1-20(2)21(19(23)28-12-15-6-4-3-5-7-15)17(13-29-20)14-30-31(26,27)18-10-8-16(9-11-18)22(24)25/h3-11,17H,12-14H2,1-2H3/t17-/m1/s1. The van der Waals surface area contributed by atoms with E-state index in [4.69, 9.17) is 13.7 Å². The summed E-state index contributed by atoms with van der Waals surface area (Å²) < 4.78 is 41.0. The van der Waals surface area contributed by atoms with Crippen molar-refractivity contribution in [3.05, 3.63) is 70.3 Å². The second-order valence-electron chi connectivity index (χ2n) is 7.31. The molecule has 0 bridgehead atoms. The van der Waals surface area contributed by atoms with Gasteiger partial charge in [-0.25, -0.2) is 4.79 Å². The van der Waals surface area contributed by atoms with E-state index in [1.807, 2.05) is 30.3 Å². The summed E-state index contributed by atoms with van der Waals surface area (Å²) in [4.78, 5) is 23.9. The minimum Gasteiger partial charge on any atom is -0.444 e. The van der Waals surface area contributed by atoms with E-state index in [9.17, 15) is 23.3 Å². The monoisotopic (exact) mass is 450 g/mol. The van der Waals surface area contributed by atoms with E-state index in [1.54, 1.807) is 13.8 Å². The van der Waals surface area contributed by atoms with E-state index in [1.165, 1.54) is 4.90 Å². The fourth-order valence-electron chi connectivity index (χ4n) is 3.13. The predicted octanol–water partition coefficient (Wildman–Crippen LogP) is 3.07. The molecule has 1 atom stereocenters. The molecule has 11 heteroatoms. The smallest absolute Gasteiger partial charge is 0.412 e. The van der Waals surface area contributed by atoms with Gasteiger partial charge in [0.05, 0.1) is 29.1 Å². The van der Waals surface area contributed by atoms with Crippen LogP contribution in [0.1, 0.15) is 19.4 Å². The van der Waals surface area contributed by atoms with E-state index in [-0.39, 0.29) is 30.4 Å². The first-order valence-corrected chi connectivity index (χ1v) is 10.8. The topological polar surface area (TPSA) is 125 Å². The van der Waals surface area contributed by atoms with Crippen LogP contribution in [0.25, 0.3) is 0 Å². The highest BCUT2D eigenvalue weighted by Crippen LogP contribution is 2.29. The molecule has 0 aliphatic carbocycles. The van der Waals surface area contributed by atoms with Crippen LogP contribution in [0.2, 0.25) is 0 Å². The quantitative estimate of drug-likeness (QED) is 0.358. The van der Waals surface area contributed by atoms with Gasteiger partial charge in [-0.1, -0.05) is 30.3 Å². The van der Waals surface area contributed by atoms with Crippen LogP contribution in [0.15, 0.2) is 59.5 Å². The van der Waals surface area contributed by atoms with Crippen molar-refractivity contribution in [1.82, 2.24) is 4.90 Å². The van der Waals surface area contributed by atoms with Crippen molar-refractivity contribution in [2.45, 2.75) is 37.1 Å². The first-order valence-electron chi connectivity index (χ1n) is 9.38. The average Bonchev–Trinajstić information content (AvgIpc) is 3.05. The minimum atomic E-state index is -4.19. The van der Waals surface area contributed by atoms with Crippen LogP contribution >= 0.6 is 0 Å². The highest BCUT2D eigenvalue weighted by molar-refractivity contribution is 7.86. The maximum atomic E-state index is 12.7. The zero-order valence-electron chi connectivity index (χ0n) is 17.0. The van der Waals surface area contributed by atoms with Gasteiger partial charge in [0.2, 0.25) is 0 Å². The molecule has 0 radical (unpaired) electrons. The lowest BCUT2D eigenvalue weighted by Gasteiger charge is -2.32. The van der Waals surface area contributed by atoms with Crippen LogP contribution in [0, 0.1) is 10.1 Å². The third-order valence-electron chi connectivity index (χ3n) is 4.73. The Morgan fingerprint density at radius 1 is 1.19 bits per heavy atom. The van der Waals surface area contributed by atoms with Gasteiger partial charge in [0.25, 0.3) is 15.8 Å². The number of nitrogens with zero attached hydrogens (tertiary/aromatic N) is 2. The van der Waals surface area contributed by atoms with Crippen molar-refractivity contribution in [2.75, 3.05) is 13.2 Å². The molecule has 0 unspecified atom stereocenters. The summed E-state index contributed by atoms with van der Waals surface area (Å²) in [5.41, 5.74) is -0.446. The number of rotatable bonds is 7. The van der Waals surface area contributed by atoms with Crippen molar-refractivity contribution in [2.24, 2.45) is 0 Å². The van der Waals surface area contributed by atoms with Crippen LogP contribution < -0.4 is 0 Å². The maximum Gasteiger partial charge on any atom is 0.412 e. The Kier molecular flexibility index (Phi) is 6.58. The van der Waals surface area contributed by atoms with Crippen LogP contribution in [0.5, 0.6) is 0 Å². The Balaban J connectivity index is 1.66. The molecule has 2 aromatic carbocycles. The van der Waals surface area contributed by atoms with Gasteiger partial charge >= 0.3 is 6.09 Å². The van der Waals surface area contributed by atoms with Gasteiger partial charge in [-0.3, -0.25) is 19.2 Å². The molecule has 3 rings (SSSR count). The number of hydrogen-bond acceptors (Lipinski definition) is 8. The zero-order valence-corrected chi connectivity index (χ0v) is 17.8. The number of carbonyl (C=O) groups excluding carboxylic acids is 1. The summed E-state index contributed by atoms with van der Waals surface area (Å²) in [7, 11) is -4.19. The Labute approximate surface area is 179 Å². The largest absolute Gasteiger partial charge is 0.444 e. The van der Waals surface area contributed by atoms with Gasteiger partial charge in [0.1, 0.15) is 12.3 Å². The fraction of sp³-hybridized carbons (Fsp3) is 0.350. The van der Waals surface area contributed by atoms with E-state index >= 15 is 0 Å². The van der Waals surface area contributed by atoms with Crippen molar-refractivity contribution in [3.8, 4) is 0 Å². The Bertz CT molecular complexity index is 1040. The molecule has 1 amide bonds. The summed E-state index contributed by atoms with van der Waals surface area (Å²) in [5.74, 6) is 0. The van der Waals surface area contributed by atoms with Crippen molar-refractivity contribution in [3.63, 3.8) is 0 Å². The summed E-state index contributed by atoms with van der Waals surface area (Å²) in [6, 6.07) is 12.8. The molecule has 0 saturated carbocycles. The van der Waals surface area contributed by atoms with Crippen molar-refractivity contribution in [1.29, 1.82) is 0 Å². The van der Waals surface area contributed by atoms with Crippen LogP contribution in [0.4, 0.5) is 10.5 Å². The van der Waals surface area contributed by atoms with E-state index in [2.05, 4.69) is 0 Å². The summed E-state index contributed by atoms with van der Waals surface area (Å²) >= 11 is 0. The molecule has 1 fully saturated rings. The van der Waals surface area contributed by atoms with Crippen LogP contribution in [0.3, 0.4) is 0 Å². The van der Waals surface area contributed by atoms with Gasteiger partial charge < -0.3 is 9.47 Å². The number of carbonyl (C=O) groups is 1. The number of ether oxygens (including phenoxy) is 2. The lowest BCUT2D eigenvalue weighted by atomic mass is 10.2. The molecule has 1 saturated heterocycles. The highest BCUT2D eigenvalue weighted by atomic mass is 32.2. The van der Waals surface area contributed by atoms with Crippen LogP contribution in [-0.4, -0.2) is 49.3 Å². The first kappa shape index (κ1) is 22.7. The molecule has 0 aromatic heterocycles. The number of non-ortho nitro benzene ring substituents is 1. The second kappa shape index (κ2) is 9.00. The minimum absolute atomic E-state index is 0.0565. The Hall–Kier alpha value is -3.02. The first-order chi connectivity index (χ1) is 14.6. The fourth-order valence-corrected chi connectivity index (χ4v) is 4.08. The van der Waals surface area contributed by atoms with Gasteiger partial charge in [0, 0.05) is 12.1 Å². The molecule has 31 heavy (non-hydrogen) atoms. The Morgan fingerprint density at radius 2 is 1.84 bits per heavy atom. The average molecular weight is 450 g/mol. The summed E-state index contributed by atoms with van der Waals surface area (Å²) in [6.07, 6.45) is -0.660. The normalized spacial score (nSPS) is 18.0. The number of hydrogen-bond donors (Lipinski definition) is 0. The molecule has 1 aliphatic heterocycles. The van der Waals surface area contributed by atoms with E-state index in [0.29, 0.717) is 0 Å². The molecule has 1 aliphatic rings. The molecule has 0 spiro atoms. The molecule has 166 valence electrons. The third kappa shape index (κ3) is 5.37. The molecule has 0 N–H and O–H groups in total. The van der Waals surface area contributed by atoms with E-state index < -0.39 is 32.9 Å². The second-order valence-corrected chi connectivity index (χ2v) is 8.93. The van der Waals surface area contributed by atoms with Crippen LogP contribution in [-0.2, 0) is 30.4 Å². The predicted molar refractivity (Wildman–Crippen MR) is 109 cm³/mol. The highest BCUT2D eigenvalue weighted by Gasteiger charge is 2.45. The number of nitro benzene ring substituents is 1. The van der Waals surface area contributed by atoms with Crippen molar-refractivity contribution < 1.29 is 31.8 Å². The van der Waals surface area contributed by atoms with E-state index in [0.717, 1.165) is 29.8 Å². The summed E-state index contributed by atoms with van der Waals surface area (Å²) in [6.45, 7) is 3.09. The number of benzene rings is 2. The SMILES string of the molecule is CC1(C)OC[C@H](COS(=O)(=O)c2ccc([N+](=O)[O-])cc2)N1C(=O)OCc1ccccc1. The number of nitro groups is 1. The maximum absolute atomic E-state index is 12.7. The molecule has 2 aromatic rings. The zero-order chi connectivity index (χ0) is 22.6. The van der Waals surface area contributed by atoms with Gasteiger partial charge in [-0.15, -0.1) is 0 Å². The van der Waals surface area contributed by atoms with Gasteiger partial charge in [-0.05, 0) is 31.5 Å². The molecular formula is C20H22N2O8S. The lowest BCUT2D eigenvalue weighted by molar-refractivity contribution is -0.384.